The molecule has 0 unspecified atom stereocenters. The first-order valence-corrected chi connectivity index (χ1v) is 12.2. The number of sulfonamides is 1. The number of aromatic nitrogens is 2. The molecule has 32 heavy (non-hydrogen) atoms. The molecule has 1 N–H and O–H groups in total. The van der Waals surface area contributed by atoms with E-state index in [1.807, 2.05) is 19.1 Å². The standard InChI is InChI=1S/C22H16ClN3O4S2/c1-12-3-7-17-20(9-12)31-21(24-17)15-6-4-13(10-16(15)23)25-32(28,29)14-5-8-18-19(11-14)30-22(27)26(18)2/h3-11,25H,1-2H3. The van der Waals surface area contributed by atoms with Gasteiger partial charge < -0.3 is 4.42 Å². The number of halogens is 1. The molecule has 2 aromatic heterocycles. The van der Waals surface area contributed by atoms with Gasteiger partial charge in [-0.15, -0.1) is 11.3 Å². The van der Waals surface area contributed by atoms with Crippen LogP contribution < -0.4 is 10.5 Å². The van der Waals surface area contributed by atoms with E-state index in [4.69, 9.17) is 16.0 Å². The number of nitrogens with zero attached hydrogens (tertiary/aromatic N) is 2. The lowest BCUT2D eigenvalue weighted by molar-refractivity contribution is 0.527. The van der Waals surface area contributed by atoms with Crippen LogP contribution in [0.3, 0.4) is 0 Å². The van der Waals surface area contributed by atoms with Crippen LogP contribution in [-0.2, 0) is 17.1 Å². The Kier molecular flexibility index (Phi) is 4.85. The van der Waals surface area contributed by atoms with E-state index in [-0.39, 0.29) is 10.5 Å². The maximum absolute atomic E-state index is 12.9. The van der Waals surface area contributed by atoms with Gasteiger partial charge in [-0.3, -0.25) is 9.29 Å². The van der Waals surface area contributed by atoms with Crippen LogP contribution in [0.5, 0.6) is 0 Å². The van der Waals surface area contributed by atoms with Crippen molar-refractivity contribution < 1.29 is 12.8 Å². The highest BCUT2D eigenvalue weighted by molar-refractivity contribution is 7.92. The van der Waals surface area contributed by atoms with Gasteiger partial charge in [0.1, 0.15) is 5.01 Å². The zero-order valence-corrected chi connectivity index (χ0v) is 19.3. The largest absolute Gasteiger partial charge is 0.419 e. The van der Waals surface area contributed by atoms with Gasteiger partial charge in [0.05, 0.1) is 31.3 Å². The molecule has 0 aliphatic heterocycles. The minimum absolute atomic E-state index is 0.0268. The van der Waals surface area contributed by atoms with Gasteiger partial charge in [-0.1, -0.05) is 17.7 Å². The van der Waals surface area contributed by atoms with Crippen molar-refractivity contribution in [2.24, 2.45) is 7.05 Å². The van der Waals surface area contributed by atoms with Crippen molar-refractivity contribution in [2.45, 2.75) is 11.8 Å². The fraction of sp³-hybridized carbons (Fsp3) is 0.0909. The molecule has 10 heteroatoms. The molecular formula is C22H16ClN3O4S2. The summed E-state index contributed by atoms with van der Waals surface area (Å²) in [5, 5.41) is 1.14. The van der Waals surface area contributed by atoms with Crippen molar-refractivity contribution in [1.29, 1.82) is 0 Å². The average Bonchev–Trinajstić information content (AvgIpc) is 3.27. The number of benzene rings is 3. The Morgan fingerprint density at radius 2 is 1.91 bits per heavy atom. The average molecular weight is 486 g/mol. The SMILES string of the molecule is Cc1ccc2nc(-c3ccc(NS(=O)(=O)c4ccc5c(c4)oc(=O)n5C)cc3Cl)sc2c1. The molecule has 0 bridgehead atoms. The molecular weight excluding hydrogens is 470 g/mol. The zero-order valence-electron chi connectivity index (χ0n) is 16.9. The van der Waals surface area contributed by atoms with Crippen LogP contribution in [0.15, 0.2) is 68.7 Å². The first kappa shape index (κ1) is 20.7. The van der Waals surface area contributed by atoms with Crippen molar-refractivity contribution >= 4 is 60.0 Å². The molecule has 0 spiro atoms. The summed E-state index contributed by atoms with van der Waals surface area (Å²) in [7, 11) is -2.37. The third-order valence-electron chi connectivity index (χ3n) is 5.07. The summed E-state index contributed by atoms with van der Waals surface area (Å²) < 4.78 is 35.7. The summed E-state index contributed by atoms with van der Waals surface area (Å²) in [6, 6.07) is 15.2. The second-order valence-electron chi connectivity index (χ2n) is 7.35. The second-order valence-corrected chi connectivity index (χ2v) is 10.5. The normalized spacial score (nSPS) is 12.0. The zero-order chi connectivity index (χ0) is 22.6. The first-order chi connectivity index (χ1) is 15.2. The molecule has 0 atom stereocenters. The third-order valence-corrected chi connectivity index (χ3v) is 7.81. The summed E-state index contributed by atoms with van der Waals surface area (Å²) in [5.74, 6) is -0.560. The quantitative estimate of drug-likeness (QED) is 0.379. The number of rotatable bonds is 4. The fourth-order valence-corrected chi connectivity index (χ4v) is 5.89. The van der Waals surface area contributed by atoms with Crippen molar-refractivity contribution in [3.8, 4) is 10.6 Å². The summed E-state index contributed by atoms with van der Waals surface area (Å²) in [5.41, 5.74) is 3.77. The minimum Gasteiger partial charge on any atom is -0.408 e. The van der Waals surface area contributed by atoms with Crippen molar-refractivity contribution in [1.82, 2.24) is 9.55 Å². The van der Waals surface area contributed by atoms with E-state index >= 15 is 0 Å². The number of fused-ring (bicyclic) bond motifs is 2. The molecule has 0 saturated carbocycles. The van der Waals surface area contributed by atoms with Gasteiger partial charge in [-0.2, -0.15) is 0 Å². The van der Waals surface area contributed by atoms with Gasteiger partial charge in [0.25, 0.3) is 10.0 Å². The van der Waals surface area contributed by atoms with Crippen molar-refractivity contribution in [3.05, 3.63) is 75.7 Å². The Morgan fingerprint density at radius 1 is 1.09 bits per heavy atom. The van der Waals surface area contributed by atoms with E-state index in [0.717, 1.165) is 26.4 Å². The summed E-state index contributed by atoms with van der Waals surface area (Å²) >= 11 is 8.00. The number of hydrogen-bond donors (Lipinski definition) is 1. The molecule has 0 fully saturated rings. The van der Waals surface area contributed by atoms with E-state index in [1.54, 1.807) is 25.2 Å². The summed E-state index contributed by atoms with van der Waals surface area (Å²) in [4.78, 5) is 16.3. The fourth-order valence-electron chi connectivity index (χ4n) is 3.39. The predicted octanol–water partition coefficient (Wildman–Crippen LogP) is 5.17. The molecule has 0 saturated heterocycles. The van der Waals surface area contributed by atoms with E-state index < -0.39 is 15.8 Å². The van der Waals surface area contributed by atoms with Crippen LogP contribution in [0.4, 0.5) is 5.69 Å². The number of thiazole rings is 1. The number of anilines is 1. The number of nitrogens with one attached hydrogen (secondary N) is 1. The molecule has 0 aliphatic carbocycles. The number of oxazole rings is 1. The highest BCUT2D eigenvalue weighted by atomic mass is 35.5. The Morgan fingerprint density at radius 3 is 2.69 bits per heavy atom. The molecule has 0 aliphatic rings. The van der Waals surface area contributed by atoms with Crippen LogP contribution in [0, 0.1) is 6.92 Å². The lowest BCUT2D eigenvalue weighted by atomic mass is 10.2. The number of aryl methyl sites for hydroxylation is 2. The molecule has 0 amide bonds. The monoisotopic (exact) mass is 485 g/mol. The van der Waals surface area contributed by atoms with Gasteiger partial charge >= 0.3 is 5.76 Å². The van der Waals surface area contributed by atoms with Gasteiger partial charge in [0, 0.05) is 18.7 Å². The maximum atomic E-state index is 12.9. The Bertz CT molecular complexity index is 1680. The lowest BCUT2D eigenvalue weighted by Crippen LogP contribution is -2.13. The summed E-state index contributed by atoms with van der Waals surface area (Å²) in [6.07, 6.45) is 0. The van der Waals surface area contributed by atoms with E-state index in [0.29, 0.717) is 16.2 Å². The molecule has 3 aromatic carbocycles. The highest BCUT2D eigenvalue weighted by Crippen LogP contribution is 2.36. The smallest absolute Gasteiger partial charge is 0.408 e. The minimum atomic E-state index is -3.92. The van der Waals surface area contributed by atoms with Gasteiger partial charge in [-0.05, 0) is 55.0 Å². The molecule has 0 radical (unpaired) electrons. The lowest BCUT2D eigenvalue weighted by Gasteiger charge is -2.10. The topological polar surface area (TPSA) is 94.2 Å². The van der Waals surface area contributed by atoms with Crippen LogP contribution >= 0.6 is 22.9 Å². The van der Waals surface area contributed by atoms with E-state index in [9.17, 15) is 13.2 Å². The van der Waals surface area contributed by atoms with Crippen molar-refractivity contribution in [3.63, 3.8) is 0 Å². The first-order valence-electron chi connectivity index (χ1n) is 9.51. The third kappa shape index (κ3) is 3.58. The van der Waals surface area contributed by atoms with Crippen molar-refractivity contribution in [2.75, 3.05) is 4.72 Å². The molecule has 5 aromatic rings. The highest BCUT2D eigenvalue weighted by Gasteiger charge is 2.18. The maximum Gasteiger partial charge on any atom is 0.419 e. The molecule has 162 valence electrons. The summed E-state index contributed by atoms with van der Waals surface area (Å²) in [6.45, 7) is 2.02. The predicted molar refractivity (Wildman–Crippen MR) is 127 cm³/mol. The van der Waals surface area contributed by atoms with Gasteiger partial charge in [-0.25, -0.2) is 18.2 Å². The molecule has 7 nitrogen and oxygen atoms in total. The van der Waals surface area contributed by atoms with E-state index in [2.05, 4.69) is 15.8 Å². The van der Waals surface area contributed by atoms with Crippen LogP contribution in [0.25, 0.3) is 31.9 Å². The number of hydrogen-bond acceptors (Lipinski definition) is 6. The van der Waals surface area contributed by atoms with Crippen LogP contribution in [0.1, 0.15) is 5.56 Å². The van der Waals surface area contributed by atoms with Crippen LogP contribution in [0.2, 0.25) is 5.02 Å². The molecule has 5 rings (SSSR count). The van der Waals surface area contributed by atoms with Gasteiger partial charge in [0.15, 0.2) is 5.58 Å². The van der Waals surface area contributed by atoms with E-state index in [1.165, 1.54) is 34.1 Å². The Balaban J connectivity index is 1.46. The van der Waals surface area contributed by atoms with Crippen LogP contribution in [-0.4, -0.2) is 18.0 Å². The molecule has 2 heterocycles. The Labute approximate surface area is 191 Å². The second kappa shape index (κ2) is 7.47. The Hall–Kier alpha value is -3.14. The van der Waals surface area contributed by atoms with Gasteiger partial charge in [0.2, 0.25) is 0 Å².